The predicted molar refractivity (Wildman–Crippen MR) is 58.0 cm³/mol. The highest BCUT2D eigenvalue weighted by Gasteiger charge is 2.04. The molecule has 0 aliphatic carbocycles. The molecule has 1 aromatic carbocycles. The first-order chi connectivity index (χ1) is 5.65. The van der Waals surface area contributed by atoms with Crippen LogP contribution in [0.2, 0.25) is 5.02 Å². The third-order valence-electron chi connectivity index (χ3n) is 1.27. The van der Waals surface area contributed by atoms with Crippen LogP contribution in [-0.4, -0.2) is 6.61 Å². The van der Waals surface area contributed by atoms with Crippen LogP contribution in [0.25, 0.3) is 0 Å². The number of halogens is 3. The van der Waals surface area contributed by atoms with E-state index in [-0.39, 0.29) is 0 Å². The van der Waals surface area contributed by atoms with Crippen LogP contribution in [0, 0.1) is 0 Å². The highest BCUT2D eigenvalue weighted by atomic mass is 79.9. The van der Waals surface area contributed by atoms with Crippen LogP contribution in [0.4, 0.5) is 0 Å². The van der Waals surface area contributed by atoms with Crippen molar-refractivity contribution in [3.63, 3.8) is 0 Å². The Morgan fingerprint density at radius 1 is 1.33 bits per heavy atom. The van der Waals surface area contributed by atoms with Gasteiger partial charge in [-0.25, -0.2) is 0 Å². The van der Waals surface area contributed by atoms with Crippen molar-refractivity contribution in [2.75, 3.05) is 6.61 Å². The summed E-state index contributed by atoms with van der Waals surface area (Å²) in [6, 6.07) is 3.65. The van der Waals surface area contributed by atoms with Gasteiger partial charge in [0.15, 0.2) is 0 Å². The molecule has 0 N–H and O–H groups in total. The van der Waals surface area contributed by atoms with Crippen molar-refractivity contribution in [1.82, 2.24) is 0 Å². The summed E-state index contributed by atoms with van der Waals surface area (Å²) in [4.78, 5) is 0. The zero-order valence-electron chi connectivity index (χ0n) is 6.40. The largest absolute Gasteiger partial charge is 0.492 e. The van der Waals surface area contributed by atoms with E-state index in [1.807, 2.05) is 13.0 Å². The molecule has 0 aliphatic heterocycles. The minimum absolute atomic E-state index is 0.618. The molecule has 1 nitrogen and oxygen atoms in total. The minimum Gasteiger partial charge on any atom is -0.492 e. The van der Waals surface area contributed by atoms with Gasteiger partial charge in [0.05, 0.1) is 11.6 Å². The molecule has 0 unspecified atom stereocenters. The van der Waals surface area contributed by atoms with Crippen LogP contribution in [0.15, 0.2) is 21.1 Å². The molecule has 0 heterocycles. The molecular formula is C8H7Br2ClO. The Hall–Kier alpha value is 0.270. The van der Waals surface area contributed by atoms with Crippen molar-refractivity contribution in [3.05, 3.63) is 26.1 Å². The Kier molecular flexibility index (Phi) is 3.87. The van der Waals surface area contributed by atoms with Gasteiger partial charge in [0.1, 0.15) is 5.75 Å². The predicted octanol–water partition coefficient (Wildman–Crippen LogP) is 4.26. The first-order valence-electron chi connectivity index (χ1n) is 3.42. The highest BCUT2D eigenvalue weighted by Crippen LogP contribution is 2.34. The topological polar surface area (TPSA) is 9.23 Å². The Morgan fingerprint density at radius 3 is 2.50 bits per heavy atom. The third-order valence-corrected chi connectivity index (χ3v) is 3.41. The number of ether oxygens (including phenoxy) is 1. The summed E-state index contributed by atoms with van der Waals surface area (Å²) < 4.78 is 7.16. The van der Waals surface area contributed by atoms with Crippen molar-refractivity contribution < 1.29 is 4.74 Å². The molecule has 0 aromatic heterocycles. The molecule has 66 valence electrons. The lowest BCUT2D eigenvalue weighted by molar-refractivity contribution is 0.340. The molecule has 0 amide bonds. The summed E-state index contributed by atoms with van der Waals surface area (Å²) in [5, 5.41) is 0.618. The van der Waals surface area contributed by atoms with E-state index in [2.05, 4.69) is 31.9 Å². The van der Waals surface area contributed by atoms with Gasteiger partial charge in [0, 0.05) is 8.95 Å². The smallest absolute Gasteiger partial charge is 0.139 e. The molecule has 0 atom stereocenters. The zero-order chi connectivity index (χ0) is 9.14. The molecule has 0 fully saturated rings. The molecular weight excluding hydrogens is 307 g/mol. The number of hydrogen-bond acceptors (Lipinski definition) is 1. The molecule has 12 heavy (non-hydrogen) atoms. The van der Waals surface area contributed by atoms with Gasteiger partial charge in [-0.3, -0.25) is 0 Å². The molecule has 4 heteroatoms. The van der Waals surface area contributed by atoms with Crippen molar-refractivity contribution in [2.45, 2.75) is 6.92 Å². The van der Waals surface area contributed by atoms with Crippen LogP contribution < -0.4 is 4.74 Å². The van der Waals surface area contributed by atoms with E-state index in [1.165, 1.54) is 0 Å². The van der Waals surface area contributed by atoms with Crippen LogP contribution in [0.1, 0.15) is 6.92 Å². The zero-order valence-corrected chi connectivity index (χ0v) is 10.3. The fourth-order valence-electron chi connectivity index (χ4n) is 0.770. The third kappa shape index (κ3) is 2.38. The van der Waals surface area contributed by atoms with Gasteiger partial charge in [0.2, 0.25) is 0 Å². The Balaban J connectivity index is 3.05. The standard InChI is InChI=1S/C8H7Br2ClO/c1-2-12-8-4-6(10)5(9)3-7(8)11/h3-4H,2H2,1H3. The van der Waals surface area contributed by atoms with E-state index in [0.29, 0.717) is 17.4 Å². The monoisotopic (exact) mass is 312 g/mol. The summed E-state index contributed by atoms with van der Waals surface area (Å²) in [7, 11) is 0. The molecule has 0 radical (unpaired) electrons. The maximum absolute atomic E-state index is 5.90. The lowest BCUT2D eigenvalue weighted by Crippen LogP contribution is -1.92. The van der Waals surface area contributed by atoms with E-state index >= 15 is 0 Å². The van der Waals surface area contributed by atoms with Gasteiger partial charge in [-0.1, -0.05) is 11.6 Å². The lowest BCUT2D eigenvalue weighted by Gasteiger charge is -2.06. The Morgan fingerprint density at radius 2 is 1.92 bits per heavy atom. The first-order valence-corrected chi connectivity index (χ1v) is 5.39. The van der Waals surface area contributed by atoms with Gasteiger partial charge < -0.3 is 4.74 Å². The number of hydrogen-bond donors (Lipinski definition) is 0. The van der Waals surface area contributed by atoms with E-state index < -0.39 is 0 Å². The van der Waals surface area contributed by atoms with Gasteiger partial charge in [-0.15, -0.1) is 0 Å². The van der Waals surface area contributed by atoms with Gasteiger partial charge in [-0.2, -0.15) is 0 Å². The number of rotatable bonds is 2. The lowest BCUT2D eigenvalue weighted by atomic mass is 10.3. The highest BCUT2D eigenvalue weighted by molar-refractivity contribution is 9.13. The SMILES string of the molecule is CCOc1cc(Br)c(Br)cc1Cl. The van der Waals surface area contributed by atoms with Crippen molar-refractivity contribution in [1.29, 1.82) is 0 Å². The van der Waals surface area contributed by atoms with Gasteiger partial charge in [0.25, 0.3) is 0 Å². The normalized spacial score (nSPS) is 10.0. The maximum Gasteiger partial charge on any atom is 0.139 e. The van der Waals surface area contributed by atoms with Crippen LogP contribution in [-0.2, 0) is 0 Å². The van der Waals surface area contributed by atoms with Gasteiger partial charge in [-0.05, 0) is 50.9 Å². The van der Waals surface area contributed by atoms with Crippen molar-refractivity contribution in [2.24, 2.45) is 0 Å². The molecule has 1 rings (SSSR count). The Bertz CT molecular complexity index is 289. The van der Waals surface area contributed by atoms with E-state index in [4.69, 9.17) is 16.3 Å². The van der Waals surface area contributed by atoms with Gasteiger partial charge >= 0.3 is 0 Å². The quantitative estimate of drug-likeness (QED) is 0.741. The first kappa shape index (κ1) is 10.4. The maximum atomic E-state index is 5.90. The van der Waals surface area contributed by atoms with Crippen LogP contribution in [0.3, 0.4) is 0 Å². The van der Waals surface area contributed by atoms with Crippen molar-refractivity contribution in [3.8, 4) is 5.75 Å². The number of benzene rings is 1. The second-order valence-electron chi connectivity index (χ2n) is 2.13. The summed E-state index contributed by atoms with van der Waals surface area (Å²) in [6.07, 6.45) is 0. The molecule has 0 bridgehead atoms. The molecule has 0 spiro atoms. The van der Waals surface area contributed by atoms with E-state index in [9.17, 15) is 0 Å². The van der Waals surface area contributed by atoms with Crippen LogP contribution >= 0.6 is 43.5 Å². The molecule has 0 aliphatic rings. The van der Waals surface area contributed by atoms with E-state index in [0.717, 1.165) is 8.95 Å². The summed E-state index contributed by atoms with van der Waals surface area (Å²) in [5.41, 5.74) is 0. The minimum atomic E-state index is 0.618. The van der Waals surface area contributed by atoms with Crippen molar-refractivity contribution >= 4 is 43.5 Å². The molecule has 1 aromatic rings. The van der Waals surface area contributed by atoms with Crippen LogP contribution in [0.5, 0.6) is 5.75 Å². The second kappa shape index (κ2) is 4.49. The average molecular weight is 314 g/mol. The Labute approximate surface area is 93.3 Å². The fourth-order valence-corrected chi connectivity index (χ4v) is 1.79. The second-order valence-corrected chi connectivity index (χ2v) is 4.25. The average Bonchev–Trinajstić information content (AvgIpc) is 2.01. The molecule has 0 saturated carbocycles. The summed E-state index contributed by atoms with van der Waals surface area (Å²) >= 11 is 12.6. The van der Waals surface area contributed by atoms with E-state index in [1.54, 1.807) is 6.07 Å². The fraction of sp³-hybridized carbons (Fsp3) is 0.250. The molecule has 0 saturated heterocycles. The summed E-state index contributed by atoms with van der Waals surface area (Å²) in [6.45, 7) is 2.54. The summed E-state index contributed by atoms with van der Waals surface area (Å²) in [5.74, 6) is 0.703.